The third-order valence-electron chi connectivity index (χ3n) is 27.0. The summed E-state index contributed by atoms with van der Waals surface area (Å²) < 4.78 is 9.83. The number of nitrogens with zero attached hydrogens (tertiary/aromatic N) is 8. The molecule has 130 heavy (non-hydrogen) atoms. The van der Waals surface area contributed by atoms with E-state index >= 15 is 0 Å². The first kappa shape index (κ1) is 72.9. The standard InChI is InChI=1S/C62H38N4.C60H36N4/c1-2-12-39(13-3-1)40-22-25-43(26-23-40)60-61(64-56-20-10-9-19-55(56)63-60)46-27-24-41-28-30-48(35-47(41)34-46)65-58-33-31-49(38-54(58)53-36-44-15-4-5-16-45(44)37-59(53)65)66-57-21-11-8-18-51(57)52-32-29-42-14-6-7-17-50(42)62(52)66;1-2-13-39-31-44(23-21-37(39)11-1)58-59(62-54-19-9-8-18-53(54)61-58)45-24-22-43-33-46(27-25-42(43)32-45)63-56-30-28-47(36-52(56)51-34-40-14-3-4-15-41(40)35-57(51)63)64-55-20-10-7-17-49(55)50-29-26-38-12-5-6-16-48(38)60(50)64/h1-38H;1-36H. The van der Waals surface area contributed by atoms with E-state index in [1.807, 2.05) is 48.5 Å². The molecule has 602 valence electrons. The Labute approximate surface area is 745 Å². The summed E-state index contributed by atoms with van der Waals surface area (Å²) in [6, 6.07) is 163. The number of hydrogen-bond donors (Lipinski definition) is 0. The molecule has 0 aliphatic carbocycles. The van der Waals surface area contributed by atoms with Gasteiger partial charge in [0.05, 0.1) is 89.0 Å². The predicted molar refractivity (Wildman–Crippen MR) is 546 cm³/mol. The number of para-hydroxylation sites is 6. The molecule has 8 nitrogen and oxygen atoms in total. The number of hydrogen-bond acceptors (Lipinski definition) is 4. The predicted octanol–water partition coefficient (Wildman–Crippen LogP) is 32.1. The highest BCUT2D eigenvalue weighted by molar-refractivity contribution is 6.22. The third-order valence-corrected chi connectivity index (χ3v) is 27.0. The van der Waals surface area contributed by atoms with Gasteiger partial charge in [0, 0.05) is 98.9 Å². The second kappa shape index (κ2) is 29.1. The van der Waals surface area contributed by atoms with Crippen molar-refractivity contribution in [2.24, 2.45) is 0 Å². The van der Waals surface area contributed by atoms with Crippen LogP contribution in [0.3, 0.4) is 0 Å². The van der Waals surface area contributed by atoms with Crippen LogP contribution in [0.25, 0.3) is 264 Å². The molecular formula is C122H74N8. The van der Waals surface area contributed by atoms with Crippen LogP contribution in [0.2, 0.25) is 0 Å². The van der Waals surface area contributed by atoms with Gasteiger partial charge in [-0.25, -0.2) is 19.9 Å². The summed E-state index contributed by atoms with van der Waals surface area (Å²) in [7, 11) is 0. The monoisotopic (exact) mass is 1650 g/mol. The van der Waals surface area contributed by atoms with Crippen molar-refractivity contribution in [3.05, 3.63) is 449 Å². The fourth-order valence-electron chi connectivity index (χ4n) is 20.9. The number of fused-ring (bicyclic) bond motifs is 23. The molecule has 0 saturated heterocycles. The van der Waals surface area contributed by atoms with Crippen molar-refractivity contribution in [3.8, 4) is 78.9 Å². The number of rotatable bonds is 9. The topological polar surface area (TPSA) is 71.3 Å². The number of aromatic nitrogens is 8. The van der Waals surface area contributed by atoms with E-state index in [2.05, 4.69) is 419 Å². The van der Waals surface area contributed by atoms with E-state index in [1.54, 1.807) is 0 Å². The van der Waals surface area contributed by atoms with Crippen LogP contribution >= 0.6 is 0 Å². The van der Waals surface area contributed by atoms with E-state index < -0.39 is 0 Å². The highest BCUT2D eigenvalue weighted by atomic mass is 15.0. The molecule has 0 spiro atoms. The summed E-state index contributed by atoms with van der Waals surface area (Å²) in [5, 5.41) is 26.8. The van der Waals surface area contributed by atoms with Crippen molar-refractivity contribution < 1.29 is 0 Å². The van der Waals surface area contributed by atoms with Crippen molar-refractivity contribution in [2.45, 2.75) is 0 Å². The molecule has 0 saturated carbocycles. The van der Waals surface area contributed by atoms with Gasteiger partial charge in [-0.3, -0.25) is 0 Å². The fraction of sp³-hybridized carbons (Fsp3) is 0. The van der Waals surface area contributed by atoms with Crippen LogP contribution < -0.4 is 0 Å². The average molecular weight is 1650 g/mol. The zero-order chi connectivity index (χ0) is 85.2. The van der Waals surface area contributed by atoms with Crippen molar-refractivity contribution in [3.63, 3.8) is 0 Å². The highest BCUT2D eigenvalue weighted by Gasteiger charge is 2.25. The van der Waals surface area contributed by atoms with E-state index in [4.69, 9.17) is 19.9 Å². The Hall–Kier alpha value is -17.5. The maximum absolute atomic E-state index is 5.31. The maximum Gasteiger partial charge on any atom is 0.0973 e. The van der Waals surface area contributed by atoms with E-state index in [-0.39, 0.29) is 0 Å². The Balaban J connectivity index is 0.000000134. The van der Waals surface area contributed by atoms with Crippen LogP contribution in [0.1, 0.15) is 0 Å². The molecule has 0 fully saturated rings. The van der Waals surface area contributed by atoms with Gasteiger partial charge in [0.25, 0.3) is 0 Å². The fourth-order valence-corrected chi connectivity index (χ4v) is 20.9. The molecule has 0 aliphatic heterocycles. The lowest BCUT2D eigenvalue weighted by atomic mass is 9.98. The molecule has 6 aromatic heterocycles. The molecule has 0 radical (unpaired) electrons. The van der Waals surface area contributed by atoms with Crippen molar-refractivity contribution >= 4 is 185 Å². The molecule has 0 aliphatic rings. The van der Waals surface area contributed by atoms with Crippen molar-refractivity contribution in [2.75, 3.05) is 0 Å². The van der Waals surface area contributed by atoms with E-state index in [9.17, 15) is 0 Å². The van der Waals surface area contributed by atoms with E-state index in [0.717, 1.165) is 117 Å². The lowest BCUT2D eigenvalue weighted by molar-refractivity contribution is 1.17. The summed E-state index contributed by atoms with van der Waals surface area (Å²) in [6.07, 6.45) is 0. The molecule has 0 amide bonds. The van der Waals surface area contributed by atoms with Crippen molar-refractivity contribution in [1.29, 1.82) is 0 Å². The summed E-state index contributed by atoms with van der Waals surface area (Å²) in [6.45, 7) is 0. The lowest BCUT2D eigenvalue weighted by Gasteiger charge is -2.14. The van der Waals surface area contributed by atoms with Crippen LogP contribution in [0, 0.1) is 0 Å². The largest absolute Gasteiger partial charge is 0.309 e. The van der Waals surface area contributed by atoms with E-state index in [0.29, 0.717) is 0 Å². The Bertz CT molecular complexity index is 9650. The second-order valence-corrected chi connectivity index (χ2v) is 34.4. The molecule has 0 bridgehead atoms. The minimum absolute atomic E-state index is 0.863. The quantitative estimate of drug-likeness (QED) is 0.144. The number of benzene rings is 22. The molecule has 0 atom stereocenters. The first-order chi connectivity index (χ1) is 64.4. The molecule has 8 heteroatoms. The highest BCUT2D eigenvalue weighted by Crippen LogP contribution is 2.46. The normalized spacial score (nSPS) is 12.0. The average Bonchev–Trinajstić information content (AvgIpc) is 1.57. The third kappa shape index (κ3) is 11.7. The summed E-state index contributed by atoms with van der Waals surface area (Å²) in [5.41, 5.74) is 27.6. The van der Waals surface area contributed by atoms with Gasteiger partial charge in [0.1, 0.15) is 0 Å². The minimum atomic E-state index is 0.863. The van der Waals surface area contributed by atoms with Gasteiger partial charge in [-0.2, -0.15) is 0 Å². The van der Waals surface area contributed by atoms with Crippen molar-refractivity contribution in [1.82, 2.24) is 38.2 Å². The maximum atomic E-state index is 5.31. The van der Waals surface area contributed by atoms with E-state index in [1.165, 1.54) is 147 Å². The molecule has 28 rings (SSSR count). The summed E-state index contributed by atoms with van der Waals surface area (Å²) >= 11 is 0. The molecule has 0 unspecified atom stereocenters. The van der Waals surface area contributed by atoms with Gasteiger partial charge in [0.2, 0.25) is 0 Å². The van der Waals surface area contributed by atoms with Gasteiger partial charge < -0.3 is 18.3 Å². The molecule has 22 aromatic carbocycles. The molecular weight excluding hydrogens is 1580 g/mol. The van der Waals surface area contributed by atoms with Crippen LogP contribution in [-0.4, -0.2) is 38.2 Å². The Morgan fingerprint density at radius 2 is 0.415 bits per heavy atom. The van der Waals surface area contributed by atoms with Gasteiger partial charge in [-0.1, -0.05) is 309 Å². The first-order valence-electron chi connectivity index (χ1n) is 44.4. The zero-order valence-electron chi connectivity index (χ0n) is 70.3. The summed E-state index contributed by atoms with van der Waals surface area (Å²) in [5.74, 6) is 0. The minimum Gasteiger partial charge on any atom is -0.309 e. The first-order valence-corrected chi connectivity index (χ1v) is 44.4. The molecule has 0 N–H and O–H groups in total. The summed E-state index contributed by atoms with van der Waals surface area (Å²) in [4.78, 5) is 21.1. The molecule has 6 heterocycles. The van der Waals surface area contributed by atoms with Crippen LogP contribution in [0.5, 0.6) is 0 Å². The SMILES string of the molecule is c1ccc(-c2ccc(-c3nc4ccccc4nc3-c3ccc4ccc(-n5c6ccc(-n7c8ccccc8c8ccc9ccccc9c87)cc6c6cc7ccccc7cc65)cc4c3)cc2)cc1.c1ccc2cc(-c3nc4ccccc4nc3-c3ccc4cc(-n5c6ccc(-n7c8ccccc8c8ccc9ccccc9c87)cc6c6cc7ccccc7cc65)ccc4c3)ccc2c1. The van der Waals surface area contributed by atoms with Gasteiger partial charge in [-0.05, 0) is 215 Å². The zero-order valence-corrected chi connectivity index (χ0v) is 70.3. The van der Waals surface area contributed by atoms with Gasteiger partial charge >= 0.3 is 0 Å². The van der Waals surface area contributed by atoms with Crippen LogP contribution in [0.4, 0.5) is 0 Å². The van der Waals surface area contributed by atoms with Crippen LogP contribution in [0.15, 0.2) is 449 Å². The Kier molecular flexibility index (Phi) is 16.3. The Morgan fingerprint density at radius 3 is 0.900 bits per heavy atom. The lowest BCUT2D eigenvalue weighted by Crippen LogP contribution is -1.97. The second-order valence-electron chi connectivity index (χ2n) is 34.4. The van der Waals surface area contributed by atoms with Gasteiger partial charge in [0.15, 0.2) is 0 Å². The molecule has 28 aromatic rings. The van der Waals surface area contributed by atoms with Gasteiger partial charge in [-0.15, -0.1) is 0 Å². The smallest absolute Gasteiger partial charge is 0.0973 e. The van der Waals surface area contributed by atoms with Crippen LogP contribution in [-0.2, 0) is 0 Å². The Morgan fingerprint density at radius 1 is 0.131 bits per heavy atom.